The van der Waals surface area contributed by atoms with E-state index < -0.39 is 0 Å². The van der Waals surface area contributed by atoms with E-state index in [4.69, 9.17) is 0 Å². The second kappa shape index (κ2) is 5.69. The molecule has 0 aliphatic heterocycles. The minimum atomic E-state index is 0.691. The summed E-state index contributed by atoms with van der Waals surface area (Å²) < 4.78 is 0. The Labute approximate surface area is 98.3 Å². The summed E-state index contributed by atoms with van der Waals surface area (Å²) in [5.74, 6) is 0.691. The molecule has 0 aliphatic carbocycles. The first-order valence-electron chi connectivity index (χ1n) is 5.85. The molecule has 0 spiro atoms. The molecule has 0 aromatic heterocycles. The summed E-state index contributed by atoms with van der Waals surface area (Å²) in [5, 5.41) is 0. The minimum absolute atomic E-state index is 0.691. The van der Waals surface area contributed by atoms with Gasteiger partial charge in [0.1, 0.15) is 6.29 Å². The van der Waals surface area contributed by atoms with E-state index in [1.807, 2.05) is 19.1 Å². The molecular weight excluding hydrogens is 198 g/mol. The number of aryl methyl sites for hydroxylation is 1. The molecule has 0 amide bonds. The molecular formula is C14H21NO. The lowest BCUT2D eigenvalue weighted by Crippen LogP contribution is -2.23. The highest BCUT2D eigenvalue weighted by Crippen LogP contribution is 2.18. The molecule has 0 bridgehead atoms. The van der Waals surface area contributed by atoms with Crippen LogP contribution in [0, 0.1) is 12.8 Å². The zero-order valence-electron chi connectivity index (χ0n) is 10.7. The maximum Gasteiger partial charge on any atom is 0.150 e. The van der Waals surface area contributed by atoms with Crippen LogP contribution in [0.4, 0.5) is 5.69 Å². The van der Waals surface area contributed by atoms with Crippen LogP contribution in [0.15, 0.2) is 18.2 Å². The van der Waals surface area contributed by atoms with Crippen LogP contribution in [0.5, 0.6) is 0 Å². The number of hydrogen-bond donors (Lipinski definition) is 0. The maximum atomic E-state index is 10.7. The van der Waals surface area contributed by atoms with Crippen molar-refractivity contribution in [3.05, 3.63) is 29.3 Å². The maximum absolute atomic E-state index is 10.7. The third-order valence-electron chi connectivity index (χ3n) is 3.10. The van der Waals surface area contributed by atoms with Crippen molar-refractivity contribution < 1.29 is 4.79 Å². The van der Waals surface area contributed by atoms with E-state index in [1.54, 1.807) is 0 Å². The normalized spacial score (nSPS) is 12.2. The van der Waals surface area contributed by atoms with Crippen LogP contribution in [0.25, 0.3) is 0 Å². The van der Waals surface area contributed by atoms with Crippen molar-refractivity contribution in [1.29, 1.82) is 0 Å². The van der Waals surface area contributed by atoms with Crippen molar-refractivity contribution in [2.45, 2.75) is 27.2 Å². The average Bonchev–Trinajstić information content (AvgIpc) is 2.28. The van der Waals surface area contributed by atoms with Gasteiger partial charge in [-0.25, -0.2) is 0 Å². The predicted octanol–water partition coefficient (Wildman–Crippen LogP) is 3.29. The van der Waals surface area contributed by atoms with Gasteiger partial charge in [-0.05, 0) is 36.6 Å². The fourth-order valence-electron chi connectivity index (χ4n) is 1.73. The molecule has 1 atom stereocenters. The van der Waals surface area contributed by atoms with E-state index in [0.717, 1.165) is 24.0 Å². The first kappa shape index (κ1) is 12.8. The molecule has 88 valence electrons. The highest BCUT2D eigenvalue weighted by atomic mass is 16.1. The number of hydrogen-bond acceptors (Lipinski definition) is 2. The summed E-state index contributed by atoms with van der Waals surface area (Å²) in [7, 11) is 2.10. The highest BCUT2D eigenvalue weighted by Gasteiger charge is 2.06. The summed E-state index contributed by atoms with van der Waals surface area (Å²) in [6.45, 7) is 7.49. The van der Waals surface area contributed by atoms with E-state index in [-0.39, 0.29) is 0 Å². The van der Waals surface area contributed by atoms with Crippen LogP contribution in [-0.4, -0.2) is 19.9 Å². The summed E-state index contributed by atoms with van der Waals surface area (Å²) in [5.41, 5.74) is 3.01. The molecule has 16 heavy (non-hydrogen) atoms. The molecule has 0 fully saturated rings. The second-order valence-corrected chi connectivity index (χ2v) is 4.55. The van der Waals surface area contributed by atoms with Crippen LogP contribution in [0.1, 0.15) is 36.2 Å². The van der Waals surface area contributed by atoms with Crippen LogP contribution < -0.4 is 4.90 Å². The van der Waals surface area contributed by atoms with Gasteiger partial charge in [0.2, 0.25) is 0 Å². The van der Waals surface area contributed by atoms with E-state index in [0.29, 0.717) is 5.92 Å². The van der Waals surface area contributed by atoms with Gasteiger partial charge in [-0.3, -0.25) is 4.79 Å². The summed E-state index contributed by atoms with van der Waals surface area (Å²) in [6, 6.07) is 5.98. The van der Waals surface area contributed by atoms with Gasteiger partial charge in [0, 0.05) is 24.8 Å². The second-order valence-electron chi connectivity index (χ2n) is 4.55. The number of nitrogens with zero attached hydrogens (tertiary/aromatic N) is 1. The SMILES string of the molecule is CCC(C)CN(C)c1ccc(C=O)c(C)c1. The van der Waals surface area contributed by atoms with E-state index in [2.05, 4.69) is 31.9 Å². The van der Waals surface area contributed by atoms with Crippen LogP contribution in [0.3, 0.4) is 0 Å². The molecule has 0 saturated heterocycles. The molecule has 2 nitrogen and oxygen atoms in total. The third kappa shape index (κ3) is 3.09. The van der Waals surface area contributed by atoms with Crippen molar-refractivity contribution in [2.75, 3.05) is 18.5 Å². The van der Waals surface area contributed by atoms with Crippen molar-refractivity contribution in [3.63, 3.8) is 0 Å². The van der Waals surface area contributed by atoms with Gasteiger partial charge >= 0.3 is 0 Å². The highest BCUT2D eigenvalue weighted by molar-refractivity contribution is 5.78. The zero-order valence-corrected chi connectivity index (χ0v) is 10.7. The Morgan fingerprint density at radius 1 is 1.44 bits per heavy atom. The Hall–Kier alpha value is -1.31. The first-order chi connectivity index (χ1) is 7.58. The largest absolute Gasteiger partial charge is 0.374 e. The molecule has 0 radical (unpaired) electrons. The number of aldehydes is 1. The van der Waals surface area contributed by atoms with Gasteiger partial charge in [-0.15, -0.1) is 0 Å². The summed E-state index contributed by atoms with van der Waals surface area (Å²) in [6.07, 6.45) is 2.10. The minimum Gasteiger partial charge on any atom is -0.374 e. The molecule has 0 heterocycles. The number of benzene rings is 1. The molecule has 1 rings (SSSR count). The summed E-state index contributed by atoms with van der Waals surface area (Å²) >= 11 is 0. The van der Waals surface area contributed by atoms with Crippen molar-refractivity contribution >= 4 is 12.0 Å². The lowest BCUT2D eigenvalue weighted by molar-refractivity contribution is 0.112. The molecule has 0 saturated carbocycles. The van der Waals surface area contributed by atoms with Gasteiger partial charge in [0.05, 0.1) is 0 Å². The fraction of sp³-hybridized carbons (Fsp3) is 0.500. The molecule has 1 unspecified atom stereocenters. The van der Waals surface area contributed by atoms with Crippen molar-refractivity contribution in [3.8, 4) is 0 Å². The number of anilines is 1. The standard InChI is InChI=1S/C14H21NO/c1-5-11(2)9-15(4)14-7-6-13(10-16)12(3)8-14/h6-8,10-11H,5,9H2,1-4H3. The summed E-state index contributed by atoms with van der Waals surface area (Å²) in [4.78, 5) is 13.0. The van der Waals surface area contributed by atoms with Crippen LogP contribution >= 0.6 is 0 Å². The quantitative estimate of drug-likeness (QED) is 0.708. The molecule has 1 aromatic carbocycles. The van der Waals surface area contributed by atoms with Crippen molar-refractivity contribution in [2.24, 2.45) is 5.92 Å². The Balaban J connectivity index is 2.80. The van der Waals surface area contributed by atoms with Crippen molar-refractivity contribution in [1.82, 2.24) is 0 Å². The van der Waals surface area contributed by atoms with Gasteiger partial charge in [0.25, 0.3) is 0 Å². The smallest absolute Gasteiger partial charge is 0.150 e. The van der Waals surface area contributed by atoms with E-state index in [1.165, 1.54) is 12.1 Å². The number of rotatable bonds is 5. The van der Waals surface area contributed by atoms with E-state index in [9.17, 15) is 4.79 Å². The topological polar surface area (TPSA) is 20.3 Å². The van der Waals surface area contributed by atoms with Gasteiger partial charge < -0.3 is 4.90 Å². The number of carbonyl (C=O) groups is 1. The lowest BCUT2D eigenvalue weighted by Gasteiger charge is -2.23. The molecule has 0 aliphatic rings. The van der Waals surface area contributed by atoms with Gasteiger partial charge in [-0.2, -0.15) is 0 Å². The van der Waals surface area contributed by atoms with Crippen LogP contribution in [0.2, 0.25) is 0 Å². The van der Waals surface area contributed by atoms with E-state index >= 15 is 0 Å². The Morgan fingerprint density at radius 2 is 2.12 bits per heavy atom. The molecule has 2 heteroatoms. The molecule has 1 aromatic rings. The Bertz CT molecular complexity index is 360. The fourth-order valence-corrected chi connectivity index (χ4v) is 1.73. The predicted molar refractivity (Wildman–Crippen MR) is 69.3 cm³/mol. The monoisotopic (exact) mass is 219 g/mol. The molecule has 0 N–H and O–H groups in total. The van der Waals surface area contributed by atoms with Gasteiger partial charge in [0.15, 0.2) is 0 Å². The Kier molecular flexibility index (Phi) is 4.53. The average molecular weight is 219 g/mol. The third-order valence-corrected chi connectivity index (χ3v) is 3.10. The van der Waals surface area contributed by atoms with Gasteiger partial charge in [-0.1, -0.05) is 20.3 Å². The Morgan fingerprint density at radius 3 is 2.62 bits per heavy atom. The lowest BCUT2D eigenvalue weighted by atomic mass is 10.1. The first-order valence-corrected chi connectivity index (χ1v) is 5.85. The van der Waals surface area contributed by atoms with Crippen LogP contribution in [-0.2, 0) is 0 Å². The zero-order chi connectivity index (χ0) is 12.1. The number of carbonyl (C=O) groups excluding carboxylic acids is 1.